The van der Waals surface area contributed by atoms with E-state index in [0.717, 1.165) is 22.6 Å². The van der Waals surface area contributed by atoms with Crippen LogP contribution in [0.5, 0.6) is 0 Å². The third kappa shape index (κ3) is 5.32. The fraction of sp³-hybridized carbons (Fsp3) is 0.765. The first-order valence-electron chi connectivity index (χ1n) is 8.77. The highest BCUT2D eigenvalue weighted by molar-refractivity contribution is 6.13. The van der Waals surface area contributed by atoms with Crippen molar-refractivity contribution in [3.05, 3.63) is 0 Å². The summed E-state index contributed by atoms with van der Waals surface area (Å²) in [4.78, 5) is 46.9. The average Bonchev–Trinajstić information content (AvgIpc) is 2.94. The molecule has 2 aliphatic heterocycles. The molecule has 2 heterocycles. The lowest BCUT2D eigenvalue weighted by Gasteiger charge is -2.31. The first kappa shape index (κ1) is 20.1. The van der Waals surface area contributed by atoms with E-state index in [1.54, 1.807) is 13.8 Å². The van der Waals surface area contributed by atoms with Crippen molar-refractivity contribution in [3.63, 3.8) is 0 Å². The van der Waals surface area contributed by atoms with Crippen molar-refractivity contribution < 1.29 is 23.9 Å². The Bertz CT molecular complexity index is 454. The Kier molecular flexibility index (Phi) is 8.43. The van der Waals surface area contributed by atoms with Crippen LogP contribution in [0.15, 0.2) is 0 Å². The summed E-state index contributed by atoms with van der Waals surface area (Å²) in [5.74, 6) is -0.549. The highest BCUT2D eigenvalue weighted by atomic mass is 16.5. The second-order valence-electron chi connectivity index (χ2n) is 5.88. The molecule has 7 heteroatoms. The summed E-state index contributed by atoms with van der Waals surface area (Å²) >= 11 is 0. The minimum absolute atomic E-state index is 0.0288. The molecule has 1 atom stereocenters. The number of hydrogen-bond acceptors (Lipinski definition) is 5. The van der Waals surface area contributed by atoms with Crippen LogP contribution < -0.4 is 0 Å². The van der Waals surface area contributed by atoms with E-state index in [9.17, 15) is 19.2 Å². The lowest BCUT2D eigenvalue weighted by molar-refractivity contribution is -0.143. The SMILES string of the molecule is CCCCCC1CCOC1=O.CCN1C(=O)CC(=O)N(CC)C1=O. The van der Waals surface area contributed by atoms with Gasteiger partial charge in [-0.25, -0.2) is 4.79 Å². The largest absolute Gasteiger partial charge is 0.465 e. The number of ether oxygens (including phenoxy) is 1. The Labute approximate surface area is 143 Å². The molecule has 136 valence electrons. The standard InChI is InChI=1S/C9H16O2.C8H12N2O3/c1-2-3-4-5-8-6-7-11-9(8)10;1-3-9-6(11)5-7(12)10(4-2)8(9)13/h8H,2-7H2,1H3;3-5H2,1-2H3. The Morgan fingerprint density at radius 3 is 1.96 bits per heavy atom. The van der Waals surface area contributed by atoms with Gasteiger partial charge in [0, 0.05) is 13.1 Å². The summed E-state index contributed by atoms with van der Waals surface area (Å²) in [6, 6.07) is -0.494. The van der Waals surface area contributed by atoms with E-state index in [1.165, 1.54) is 19.3 Å². The molecule has 0 radical (unpaired) electrons. The normalized spacial score (nSPS) is 20.9. The van der Waals surface area contributed by atoms with Gasteiger partial charge in [-0.2, -0.15) is 0 Å². The van der Waals surface area contributed by atoms with Crippen LogP contribution in [0, 0.1) is 5.92 Å². The molecule has 0 aromatic heterocycles. The van der Waals surface area contributed by atoms with E-state index in [4.69, 9.17) is 4.74 Å². The van der Waals surface area contributed by atoms with E-state index in [-0.39, 0.29) is 18.3 Å². The van der Waals surface area contributed by atoms with Crippen LogP contribution in [0.1, 0.15) is 59.3 Å². The number of unbranched alkanes of at least 4 members (excludes halogenated alkanes) is 2. The van der Waals surface area contributed by atoms with Crippen molar-refractivity contribution in [2.75, 3.05) is 19.7 Å². The van der Waals surface area contributed by atoms with Crippen LogP contribution in [-0.2, 0) is 19.1 Å². The quantitative estimate of drug-likeness (QED) is 0.421. The molecule has 0 bridgehead atoms. The van der Waals surface area contributed by atoms with Gasteiger partial charge in [-0.15, -0.1) is 0 Å². The van der Waals surface area contributed by atoms with Gasteiger partial charge in [-0.1, -0.05) is 26.2 Å². The minimum Gasteiger partial charge on any atom is -0.465 e. The first-order chi connectivity index (χ1) is 11.5. The van der Waals surface area contributed by atoms with E-state index < -0.39 is 17.8 Å². The number of amides is 4. The zero-order valence-corrected chi connectivity index (χ0v) is 14.9. The van der Waals surface area contributed by atoms with Crippen LogP contribution in [-0.4, -0.2) is 53.3 Å². The predicted octanol–water partition coefficient (Wildman–Crippen LogP) is 2.34. The maximum Gasteiger partial charge on any atom is 0.333 e. The van der Waals surface area contributed by atoms with Gasteiger partial charge in [0.25, 0.3) is 0 Å². The number of nitrogens with zero attached hydrogens (tertiary/aromatic N) is 2. The summed E-state index contributed by atoms with van der Waals surface area (Å²) < 4.78 is 4.86. The number of rotatable bonds is 6. The Morgan fingerprint density at radius 2 is 1.54 bits per heavy atom. The fourth-order valence-electron chi connectivity index (χ4n) is 2.74. The van der Waals surface area contributed by atoms with Gasteiger partial charge < -0.3 is 4.74 Å². The second kappa shape index (κ2) is 10.1. The van der Waals surface area contributed by atoms with Crippen molar-refractivity contribution in [3.8, 4) is 0 Å². The van der Waals surface area contributed by atoms with Crippen LogP contribution in [0.25, 0.3) is 0 Å². The lowest BCUT2D eigenvalue weighted by Crippen LogP contribution is -2.54. The van der Waals surface area contributed by atoms with Crippen molar-refractivity contribution >= 4 is 23.8 Å². The molecule has 0 aromatic rings. The van der Waals surface area contributed by atoms with Gasteiger partial charge in [0.2, 0.25) is 11.8 Å². The van der Waals surface area contributed by atoms with E-state index in [1.807, 2.05) is 0 Å². The van der Waals surface area contributed by atoms with Crippen molar-refractivity contribution in [2.45, 2.75) is 59.3 Å². The van der Waals surface area contributed by atoms with E-state index in [2.05, 4.69) is 6.92 Å². The predicted molar refractivity (Wildman–Crippen MR) is 88.0 cm³/mol. The van der Waals surface area contributed by atoms with Gasteiger partial charge in [0.1, 0.15) is 6.42 Å². The van der Waals surface area contributed by atoms with Crippen molar-refractivity contribution in [1.29, 1.82) is 0 Å². The number of carbonyl (C=O) groups is 4. The van der Waals surface area contributed by atoms with Gasteiger partial charge in [-0.3, -0.25) is 24.2 Å². The Balaban J connectivity index is 0.000000243. The van der Waals surface area contributed by atoms with Gasteiger partial charge in [0.15, 0.2) is 0 Å². The van der Waals surface area contributed by atoms with Gasteiger partial charge >= 0.3 is 12.0 Å². The average molecular weight is 340 g/mol. The smallest absolute Gasteiger partial charge is 0.333 e. The Hall–Kier alpha value is -1.92. The number of cyclic esters (lactones) is 1. The molecule has 2 aliphatic rings. The molecule has 1 unspecified atom stereocenters. The summed E-state index contributed by atoms with van der Waals surface area (Å²) in [6.07, 6.45) is 5.43. The minimum atomic E-state index is -0.494. The molecule has 0 spiro atoms. The summed E-state index contributed by atoms with van der Waals surface area (Å²) in [7, 11) is 0. The van der Waals surface area contributed by atoms with Crippen LogP contribution in [0.3, 0.4) is 0 Å². The molecule has 4 amide bonds. The van der Waals surface area contributed by atoms with Crippen molar-refractivity contribution in [2.24, 2.45) is 5.92 Å². The number of carbonyl (C=O) groups excluding carboxylic acids is 4. The molecule has 2 rings (SSSR count). The summed E-state index contributed by atoms with van der Waals surface area (Å²) in [6.45, 7) is 6.88. The van der Waals surface area contributed by atoms with Crippen molar-refractivity contribution in [1.82, 2.24) is 9.80 Å². The third-order valence-corrected chi connectivity index (χ3v) is 4.20. The number of esters is 1. The van der Waals surface area contributed by atoms with Crippen LogP contribution in [0.4, 0.5) is 4.79 Å². The molecule has 24 heavy (non-hydrogen) atoms. The highest BCUT2D eigenvalue weighted by Crippen LogP contribution is 2.20. The maximum atomic E-state index is 11.4. The molecule has 2 fully saturated rings. The molecule has 0 N–H and O–H groups in total. The van der Waals surface area contributed by atoms with Crippen LogP contribution >= 0.6 is 0 Å². The number of urea groups is 1. The van der Waals surface area contributed by atoms with E-state index >= 15 is 0 Å². The second-order valence-corrected chi connectivity index (χ2v) is 5.88. The monoisotopic (exact) mass is 340 g/mol. The molecule has 0 aliphatic carbocycles. The molecule has 0 saturated carbocycles. The van der Waals surface area contributed by atoms with E-state index in [0.29, 0.717) is 19.7 Å². The molecule has 0 aromatic carbocycles. The van der Waals surface area contributed by atoms with Gasteiger partial charge in [0.05, 0.1) is 12.5 Å². The fourth-order valence-corrected chi connectivity index (χ4v) is 2.74. The number of hydrogen-bond donors (Lipinski definition) is 0. The van der Waals surface area contributed by atoms with Crippen LogP contribution in [0.2, 0.25) is 0 Å². The summed E-state index contributed by atoms with van der Waals surface area (Å²) in [5, 5.41) is 0. The molecular weight excluding hydrogens is 312 g/mol. The molecular formula is C17H28N2O5. The number of barbiturate groups is 1. The summed E-state index contributed by atoms with van der Waals surface area (Å²) in [5.41, 5.74) is 0. The number of imide groups is 2. The zero-order chi connectivity index (χ0) is 18.1. The Morgan fingerprint density at radius 1 is 0.958 bits per heavy atom. The lowest BCUT2D eigenvalue weighted by atomic mass is 10.0. The molecule has 2 saturated heterocycles. The van der Waals surface area contributed by atoms with Gasteiger partial charge in [-0.05, 0) is 26.7 Å². The highest BCUT2D eigenvalue weighted by Gasteiger charge is 2.35. The topological polar surface area (TPSA) is 84.0 Å². The maximum absolute atomic E-state index is 11.4. The molecule has 7 nitrogen and oxygen atoms in total. The first-order valence-corrected chi connectivity index (χ1v) is 8.77. The third-order valence-electron chi connectivity index (χ3n) is 4.20. The zero-order valence-electron chi connectivity index (χ0n) is 14.9.